The zero-order chi connectivity index (χ0) is 32.2. The van der Waals surface area contributed by atoms with E-state index >= 15 is 0 Å². The highest BCUT2D eigenvalue weighted by Crippen LogP contribution is 2.41. The van der Waals surface area contributed by atoms with E-state index in [0.29, 0.717) is 11.1 Å². The van der Waals surface area contributed by atoms with Crippen LogP contribution < -0.4 is 0 Å². The van der Waals surface area contributed by atoms with E-state index in [0.717, 1.165) is 66.5 Å². The summed E-state index contributed by atoms with van der Waals surface area (Å²) in [5.74, 6) is 0. The maximum atomic E-state index is 10.6. The van der Waals surface area contributed by atoms with Gasteiger partial charge >= 0.3 is 0 Å². The third-order valence-electron chi connectivity index (χ3n) is 9.41. The number of para-hydroxylation sites is 4. The molecule has 7 aromatic carbocycles. The monoisotopic (exact) mass is 610 g/mol. The standard InChI is InChI=1S/C44H26N4/c45-27-29-21-23-38-37-16-6-8-18-41(37)47(44(38)25-29)39-24-22-30(26-31(39)28-46)32-11-1-2-12-33(32)34-13-3-7-17-40(34)48-42-19-9-4-14-35(42)36-15-5-10-20-43(36)48/h1-26H. The van der Waals surface area contributed by atoms with Gasteiger partial charge in [-0.05, 0) is 65.2 Å². The molecule has 4 heteroatoms. The van der Waals surface area contributed by atoms with Crippen molar-refractivity contribution in [3.63, 3.8) is 0 Å². The zero-order valence-electron chi connectivity index (χ0n) is 25.8. The van der Waals surface area contributed by atoms with Gasteiger partial charge in [0.2, 0.25) is 0 Å². The number of rotatable bonds is 4. The quantitative estimate of drug-likeness (QED) is 0.199. The van der Waals surface area contributed by atoms with Gasteiger partial charge in [-0.25, -0.2) is 0 Å². The van der Waals surface area contributed by atoms with Gasteiger partial charge in [0.25, 0.3) is 0 Å². The molecule has 0 aliphatic carbocycles. The summed E-state index contributed by atoms with van der Waals surface area (Å²) in [4.78, 5) is 0. The Morgan fingerprint density at radius 3 is 1.52 bits per heavy atom. The molecule has 0 unspecified atom stereocenters. The van der Waals surface area contributed by atoms with Crippen LogP contribution in [0.15, 0.2) is 158 Å². The molecule has 0 saturated heterocycles. The maximum Gasteiger partial charge on any atom is 0.101 e. The highest BCUT2D eigenvalue weighted by molar-refractivity contribution is 6.11. The van der Waals surface area contributed by atoms with Gasteiger partial charge in [0.15, 0.2) is 0 Å². The van der Waals surface area contributed by atoms with Crippen LogP contribution in [0.3, 0.4) is 0 Å². The summed E-state index contributed by atoms with van der Waals surface area (Å²) in [7, 11) is 0. The first-order valence-corrected chi connectivity index (χ1v) is 15.9. The minimum atomic E-state index is 0.558. The Labute approximate surface area is 277 Å². The minimum absolute atomic E-state index is 0.558. The van der Waals surface area contributed by atoms with Crippen molar-refractivity contribution in [1.29, 1.82) is 10.5 Å². The lowest BCUT2D eigenvalue weighted by Gasteiger charge is -2.17. The lowest BCUT2D eigenvalue weighted by Crippen LogP contribution is -1.99. The molecule has 0 N–H and O–H groups in total. The summed E-state index contributed by atoms with van der Waals surface area (Å²) in [5, 5.41) is 24.8. The molecule has 0 aliphatic heterocycles. The first kappa shape index (κ1) is 27.4. The van der Waals surface area contributed by atoms with Gasteiger partial charge in [-0.2, -0.15) is 10.5 Å². The highest BCUT2D eigenvalue weighted by Gasteiger charge is 2.19. The largest absolute Gasteiger partial charge is 0.309 e. The van der Waals surface area contributed by atoms with Crippen LogP contribution >= 0.6 is 0 Å². The summed E-state index contributed by atoms with van der Waals surface area (Å²) in [6, 6.07) is 59.0. The highest BCUT2D eigenvalue weighted by atomic mass is 15.0. The number of hydrogen-bond acceptors (Lipinski definition) is 2. The van der Waals surface area contributed by atoms with E-state index in [1.54, 1.807) is 0 Å². The van der Waals surface area contributed by atoms with Crippen LogP contribution in [0.2, 0.25) is 0 Å². The Bertz CT molecular complexity index is 2760. The summed E-state index contributed by atoms with van der Waals surface area (Å²) >= 11 is 0. The normalized spacial score (nSPS) is 11.3. The molecule has 0 aliphatic rings. The Morgan fingerprint density at radius 1 is 0.375 bits per heavy atom. The van der Waals surface area contributed by atoms with Crippen molar-refractivity contribution >= 4 is 43.6 Å². The number of nitriles is 2. The molecule has 222 valence electrons. The van der Waals surface area contributed by atoms with Crippen molar-refractivity contribution in [2.45, 2.75) is 0 Å². The molecule has 9 aromatic rings. The molecule has 48 heavy (non-hydrogen) atoms. The van der Waals surface area contributed by atoms with E-state index in [1.165, 1.54) is 10.8 Å². The molecule has 0 atom stereocenters. The smallest absolute Gasteiger partial charge is 0.101 e. The van der Waals surface area contributed by atoms with Crippen LogP contribution in [0.4, 0.5) is 0 Å². The molecular weight excluding hydrogens is 585 g/mol. The maximum absolute atomic E-state index is 10.6. The molecule has 0 radical (unpaired) electrons. The van der Waals surface area contributed by atoms with Gasteiger partial charge < -0.3 is 9.13 Å². The molecule has 9 rings (SSSR count). The van der Waals surface area contributed by atoms with Crippen LogP contribution in [0.1, 0.15) is 11.1 Å². The fourth-order valence-corrected chi connectivity index (χ4v) is 7.34. The van der Waals surface area contributed by atoms with Crippen molar-refractivity contribution < 1.29 is 0 Å². The fraction of sp³-hybridized carbons (Fsp3) is 0. The number of benzene rings is 7. The predicted molar refractivity (Wildman–Crippen MR) is 195 cm³/mol. The van der Waals surface area contributed by atoms with E-state index in [1.807, 2.05) is 42.5 Å². The number of nitrogens with zero attached hydrogens (tertiary/aromatic N) is 4. The Kier molecular flexibility index (Phi) is 6.22. The van der Waals surface area contributed by atoms with Gasteiger partial charge in [-0.1, -0.05) is 109 Å². The summed E-state index contributed by atoms with van der Waals surface area (Å²) in [5.41, 5.74) is 11.4. The molecule has 0 saturated carbocycles. The zero-order valence-corrected chi connectivity index (χ0v) is 25.8. The number of aromatic nitrogens is 2. The Hall–Kier alpha value is -6.88. The summed E-state index contributed by atoms with van der Waals surface area (Å²) in [6.45, 7) is 0. The first-order valence-electron chi connectivity index (χ1n) is 15.9. The number of hydrogen-bond donors (Lipinski definition) is 0. The van der Waals surface area contributed by atoms with Crippen LogP contribution in [0.25, 0.3) is 77.2 Å². The van der Waals surface area contributed by atoms with E-state index < -0.39 is 0 Å². The number of fused-ring (bicyclic) bond motifs is 6. The molecule has 0 fully saturated rings. The van der Waals surface area contributed by atoms with E-state index in [2.05, 4.69) is 137 Å². The van der Waals surface area contributed by atoms with Gasteiger partial charge in [0.05, 0.1) is 50.6 Å². The van der Waals surface area contributed by atoms with Crippen LogP contribution in [0.5, 0.6) is 0 Å². The van der Waals surface area contributed by atoms with E-state index in [9.17, 15) is 10.5 Å². The molecule has 0 bridgehead atoms. The van der Waals surface area contributed by atoms with Crippen LogP contribution in [-0.2, 0) is 0 Å². The van der Waals surface area contributed by atoms with Crippen molar-refractivity contribution in [3.05, 3.63) is 169 Å². The molecule has 0 spiro atoms. The molecule has 4 nitrogen and oxygen atoms in total. The second kappa shape index (κ2) is 10.9. The molecule has 2 heterocycles. The lowest BCUT2D eigenvalue weighted by atomic mass is 9.92. The lowest BCUT2D eigenvalue weighted by molar-refractivity contribution is 1.17. The Balaban J connectivity index is 1.25. The Morgan fingerprint density at radius 2 is 0.896 bits per heavy atom. The average Bonchev–Trinajstić information content (AvgIpc) is 3.67. The molecular formula is C44H26N4. The summed E-state index contributed by atoms with van der Waals surface area (Å²) < 4.78 is 4.47. The SMILES string of the molecule is N#Cc1ccc2c3ccccc3n(-c3ccc(-c4ccccc4-c4ccccc4-n4c5ccccc5c5ccccc54)cc3C#N)c2c1. The van der Waals surface area contributed by atoms with Crippen molar-refractivity contribution in [2.24, 2.45) is 0 Å². The topological polar surface area (TPSA) is 57.4 Å². The molecule has 2 aromatic heterocycles. The van der Waals surface area contributed by atoms with E-state index in [4.69, 9.17) is 0 Å². The van der Waals surface area contributed by atoms with Crippen LogP contribution in [-0.4, -0.2) is 9.13 Å². The van der Waals surface area contributed by atoms with E-state index in [-0.39, 0.29) is 0 Å². The van der Waals surface area contributed by atoms with Crippen LogP contribution in [0, 0.1) is 22.7 Å². The predicted octanol–water partition coefficient (Wildman–Crippen LogP) is 11.0. The van der Waals surface area contributed by atoms with Crippen molar-refractivity contribution in [3.8, 4) is 45.8 Å². The van der Waals surface area contributed by atoms with Crippen molar-refractivity contribution in [2.75, 3.05) is 0 Å². The second-order valence-corrected chi connectivity index (χ2v) is 12.0. The third-order valence-corrected chi connectivity index (χ3v) is 9.41. The molecule has 0 amide bonds. The second-order valence-electron chi connectivity index (χ2n) is 12.0. The van der Waals surface area contributed by atoms with Gasteiger partial charge in [-0.15, -0.1) is 0 Å². The third kappa shape index (κ3) is 4.07. The average molecular weight is 611 g/mol. The minimum Gasteiger partial charge on any atom is -0.309 e. The summed E-state index contributed by atoms with van der Waals surface area (Å²) in [6.07, 6.45) is 0. The van der Waals surface area contributed by atoms with Gasteiger partial charge in [-0.3, -0.25) is 0 Å². The van der Waals surface area contributed by atoms with Gasteiger partial charge in [0.1, 0.15) is 6.07 Å². The fourth-order valence-electron chi connectivity index (χ4n) is 7.34. The van der Waals surface area contributed by atoms with Gasteiger partial charge in [0, 0.05) is 27.1 Å². The van der Waals surface area contributed by atoms with Crippen molar-refractivity contribution in [1.82, 2.24) is 9.13 Å². The first-order chi connectivity index (χ1) is 23.7.